The minimum Gasteiger partial charge on any atom is -0.387 e. The van der Waals surface area contributed by atoms with Crippen LogP contribution in [0.4, 0.5) is 0 Å². The number of rotatable bonds is 4. The van der Waals surface area contributed by atoms with Crippen LogP contribution in [0, 0.1) is 11.3 Å². The number of carbonyl (C=O) groups is 2. The van der Waals surface area contributed by atoms with Crippen molar-refractivity contribution in [2.45, 2.75) is 39.7 Å². The monoisotopic (exact) mass is 338 g/mol. The van der Waals surface area contributed by atoms with Gasteiger partial charge in [0.15, 0.2) is 0 Å². The van der Waals surface area contributed by atoms with Crippen molar-refractivity contribution < 1.29 is 14.7 Å². The third-order valence-corrected chi connectivity index (χ3v) is 4.82. The minimum absolute atomic E-state index is 0.0781. The number of likely N-dealkylation sites (tertiary alicyclic amines) is 1. The van der Waals surface area contributed by atoms with E-state index in [4.69, 9.17) is 0 Å². The molecule has 0 aromatic carbocycles. The number of thiophene rings is 1. The van der Waals surface area contributed by atoms with Gasteiger partial charge in [0.05, 0.1) is 12.0 Å². The first kappa shape index (κ1) is 17.9. The second kappa shape index (κ2) is 7.45. The molecule has 1 fully saturated rings. The first-order valence-corrected chi connectivity index (χ1v) is 9.00. The molecule has 2 unspecified atom stereocenters. The molecule has 2 heterocycles. The van der Waals surface area contributed by atoms with Gasteiger partial charge in [-0.1, -0.05) is 20.8 Å². The van der Waals surface area contributed by atoms with E-state index >= 15 is 0 Å². The zero-order chi connectivity index (χ0) is 17.0. The molecule has 23 heavy (non-hydrogen) atoms. The van der Waals surface area contributed by atoms with Crippen LogP contribution in [-0.4, -0.2) is 41.5 Å². The van der Waals surface area contributed by atoms with Crippen molar-refractivity contribution in [3.63, 3.8) is 0 Å². The van der Waals surface area contributed by atoms with Crippen LogP contribution >= 0.6 is 11.3 Å². The van der Waals surface area contributed by atoms with Crippen LogP contribution < -0.4 is 5.32 Å². The van der Waals surface area contributed by atoms with Crippen LogP contribution in [-0.2, 0) is 9.59 Å². The average molecular weight is 338 g/mol. The highest BCUT2D eigenvalue weighted by molar-refractivity contribution is 7.07. The number of carbonyl (C=O) groups excluding carboxylic acids is 2. The fraction of sp³-hybridized carbons (Fsp3) is 0.647. The van der Waals surface area contributed by atoms with Crippen LogP contribution in [0.5, 0.6) is 0 Å². The van der Waals surface area contributed by atoms with E-state index in [9.17, 15) is 14.7 Å². The normalized spacial score (nSPS) is 20.2. The quantitative estimate of drug-likeness (QED) is 0.884. The van der Waals surface area contributed by atoms with Crippen LogP contribution in [0.3, 0.4) is 0 Å². The van der Waals surface area contributed by atoms with E-state index in [1.165, 1.54) is 11.3 Å². The SMILES string of the molecule is CC(C)(C)C(=O)N1CCCC(C(=O)NCC(O)c2ccsc2)C1. The molecule has 2 rings (SSSR count). The molecule has 0 aliphatic carbocycles. The molecule has 2 atom stereocenters. The van der Waals surface area contributed by atoms with Crippen molar-refractivity contribution >= 4 is 23.2 Å². The van der Waals surface area contributed by atoms with Crippen LogP contribution in [0.2, 0.25) is 0 Å². The molecule has 1 aromatic heterocycles. The van der Waals surface area contributed by atoms with E-state index < -0.39 is 11.5 Å². The van der Waals surface area contributed by atoms with E-state index in [1.54, 1.807) is 4.90 Å². The van der Waals surface area contributed by atoms with Gasteiger partial charge in [0.1, 0.15) is 0 Å². The second-order valence-corrected chi connectivity index (χ2v) is 7.94. The zero-order valence-corrected chi connectivity index (χ0v) is 14.9. The maximum atomic E-state index is 12.4. The summed E-state index contributed by atoms with van der Waals surface area (Å²) in [6.07, 6.45) is 0.947. The van der Waals surface area contributed by atoms with Crippen molar-refractivity contribution in [1.82, 2.24) is 10.2 Å². The van der Waals surface area contributed by atoms with Crippen molar-refractivity contribution in [2.24, 2.45) is 11.3 Å². The van der Waals surface area contributed by atoms with Gasteiger partial charge in [-0.25, -0.2) is 0 Å². The Bertz CT molecular complexity index is 537. The lowest BCUT2D eigenvalue weighted by Crippen LogP contribution is -2.49. The standard InChI is InChI=1S/C17H26N2O3S/c1-17(2,3)16(22)19-7-4-5-12(10-19)15(21)18-9-14(20)13-6-8-23-11-13/h6,8,11-12,14,20H,4-5,7,9-10H2,1-3H3,(H,18,21). The molecular weight excluding hydrogens is 312 g/mol. The summed E-state index contributed by atoms with van der Waals surface area (Å²) in [6, 6.07) is 1.85. The van der Waals surface area contributed by atoms with Gasteiger partial charge in [0.25, 0.3) is 0 Å². The molecule has 128 valence electrons. The molecule has 5 nitrogen and oxygen atoms in total. The van der Waals surface area contributed by atoms with Crippen molar-refractivity contribution in [3.8, 4) is 0 Å². The van der Waals surface area contributed by atoms with Gasteiger partial charge < -0.3 is 15.3 Å². The predicted molar refractivity (Wildman–Crippen MR) is 91.0 cm³/mol. The maximum Gasteiger partial charge on any atom is 0.227 e. The van der Waals surface area contributed by atoms with Gasteiger partial charge in [-0.3, -0.25) is 9.59 Å². The lowest BCUT2D eigenvalue weighted by molar-refractivity contribution is -0.142. The molecule has 0 radical (unpaired) electrons. The Morgan fingerprint density at radius 1 is 1.48 bits per heavy atom. The average Bonchev–Trinajstić information content (AvgIpc) is 3.05. The molecule has 1 aliphatic rings. The summed E-state index contributed by atoms with van der Waals surface area (Å²) in [5, 5.41) is 16.6. The first-order valence-electron chi connectivity index (χ1n) is 8.06. The van der Waals surface area contributed by atoms with Crippen LogP contribution in [0.15, 0.2) is 16.8 Å². The fourth-order valence-electron chi connectivity index (χ4n) is 2.77. The van der Waals surface area contributed by atoms with Gasteiger partial charge in [-0.15, -0.1) is 0 Å². The number of piperidine rings is 1. The first-order chi connectivity index (χ1) is 10.8. The van der Waals surface area contributed by atoms with E-state index in [2.05, 4.69) is 5.32 Å². The lowest BCUT2D eigenvalue weighted by atomic mass is 9.91. The molecule has 0 bridgehead atoms. The van der Waals surface area contributed by atoms with Crippen LogP contribution in [0.25, 0.3) is 0 Å². The van der Waals surface area contributed by atoms with Gasteiger partial charge in [0.2, 0.25) is 11.8 Å². The van der Waals surface area contributed by atoms with E-state index in [1.807, 2.05) is 37.6 Å². The van der Waals surface area contributed by atoms with Gasteiger partial charge in [0, 0.05) is 25.0 Å². The number of hydrogen-bond acceptors (Lipinski definition) is 4. The molecule has 0 saturated carbocycles. The molecule has 1 aromatic rings. The van der Waals surface area contributed by atoms with Crippen molar-refractivity contribution in [3.05, 3.63) is 22.4 Å². The molecule has 1 saturated heterocycles. The third kappa shape index (κ3) is 4.78. The van der Waals surface area contributed by atoms with Gasteiger partial charge >= 0.3 is 0 Å². The predicted octanol–water partition coefficient (Wildman–Crippen LogP) is 2.18. The highest BCUT2D eigenvalue weighted by Crippen LogP contribution is 2.24. The molecule has 6 heteroatoms. The summed E-state index contributed by atoms with van der Waals surface area (Å²) in [6.45, 7) is 7.09. The third-order valence-electron chi connectivity index (χ3n) is 4.12. The summed E-state index contributed by atoms with van der Waals surface area (Å²) in [4.78, 5) is 26.5. The molecule has 2 N–H and O–H groups in total. The van der Waals surface area contributed by atoms with E-state index in [-0.39, 0.29) is 24.3 Å². The fourth-order valence-corrected chi connectivity index (χ4v) is 3.48. The molecule has 0 spiro atoms. The summed E-state index contributed by atoms with van der Waals surface area (Å²) >= 11 is 1.52. The number of aliphatic hydroxyl groups is 1. The van der Waals surface area contributed by atoms with Gasteiger partial charge in [-0.05, 0) is 35.2 Å². The Balaban J connectivity index is 1.86. The lowest BCUT2D eigenvalue weighted by Gasteiger charge is -2.36. The number of aliphatic hydroxyl groups excluding tert-OH is 1. The molecular formula is C17H26N2O3S. The van der Waals surface area contributed by atoms with Gasteiger partial charge in [-0.2, -0.15) is 11.3 Å². The van der Waals surface area contributed by atoms with E-state index in [0.717, 1.165) is 24.9 Å². The summed E-state index contributed by atoms with van der Waals surface area (Å²) in [5.41, 5.74) is 0.400. The molecule has 1 aliphatic heterocycles. The van der Waals surface area contributed by atoms with Crippen molar-refractivity contribution in [2.75, 3.05) is 19.6 Å². The number of nitrogens with zero attached hydrogens (tertiary/aromatic N) is 1. The number of nitrogens with one attached hydrogen (secondary N) is 1. The summed E-state index contributed by atoms with van der Waals surface area (Å²) in [5.74, 6) is -0.177. The Kier molecular flexibility index (Phi) is 5.81. The zero-order valence-electron chi connectivity index (χ0n) is 14.0. The Hall–Kier alpha value is -1.40. The topological polar surface area (TPSA) is 69.6 Å². The Morgan fingerprint density at radius 2 is 2.22 bits per heavy atom. The smallest absolute Gasteiger partial charge is 0.227 e. The summed E-state index contributed by atoms with van der Waals surface area (Å²) in [7, 11) is 0. The maximum absolute atomic E-state index is 12.4. The van der Waals surface area contributed by atoms with Crippen LogP contribution in [0.1, 0.15) is 45.3 Å². The Morgan fingerprint density at radius 3 is 2.83 bits per heavy atom. The number of hydrogen-bond donors (Lipinski definition) is 2. The largest absolute Gasteiger partial charge is 0.387 e. The molecule has 2 amide bonds. The number of amides is 2. The summed E-state index contributed by atoms with van der Waals surface area (Å²) < 4.78 is 0. The Labute approximate surface area is 141 Å². The minimum atomic E-state index is -0.680. The van der Waals surface area contributed by atoms with Crippen molar-refractivity contribution in [1.29, 1.82) is 0 Å². The second-order valence-electron chi connectivity index (χ2n) is 7.16. The van der Waals surface area contributed by atoms with E-state index in [0.29, 0.717) is 6.54 Å². The highest BCUT2D eigenvalue weighted by atomic mass is 32.1. The highest BCUT2D eigenvalue weighted by Gasteiger charge is 2.33.